The van der Waals surface area contributed by atoms with Gasteiger partial charge in [0.2, 0.25) is 0 Å². The lowest BCUT2D eigenvalue weighted by molar-refractivity contribution is 0.298. The van der Waals surface area contributed by atoms with E-state index in [0.717, 1.165) is 11.3 Å². The lowest BCUT2D eigenvalue weighted by Gasteiger charge is -2.08. The van der Waals surface area contributed by atoms with Crippen LogP contribution in [0.2, 0.25) is 0 Å². The summed E-state index contributed by atoms with van der Waals surface area (Å²) >= 11 is 0. The van der Waals surface area contributed by atoms with Crippen LogP contribution >= 0.6 is 0 Å². The van der Waals surface area contributed by atoms with Gasteiger partial charge in [0.25, 0.3) is 0 Å². The molecule has 0 amide bonds. The van der Waals surface area contributed by atoms with Crippen molar-refractivity contribution in [3.8, 4) is 5.75 Å². The van der Waals surface area contributed by atoms with Crippen molar-refractivity contribution in [2.45, 2.75) is 26.9 Å². The van der Waals surface area contributed by atoms with Gasteiger partial charge in [-0.2, -0.15) is 0 Å². The number of hydrogen-bond donors (Lipinski definition) is 1. The van der Waals surface area contributed by atoms with Gasteiger partial charge in [-0.3, -0.25) is 0 Å². The quantitative estimate of drug-likeness (QED) is 0.888. The van der Waals surface area contributed by atoms with Crippen LogP contribution in [0.3, 0.4) is 0 Å². The predicted octanol–water partition coefficient (Wildman–Crippen LogP) is 3.42. The zero-order valence-corrected chi connectivity index (χ0v) is 11.5. The average Bonchev–Trinajstić information content (AvgIpc) is 2.37. The van der Waals surface area contributed by atoms with E-state index in [-0.39, 0.29) is 6.61 Å². The minimum absolute atomic E-state index is 0.183. The first-order valence-electron chi connectivity index (χ1n) is 6.57. The molecule has 2 rings (SSSR count). The molecular weight excluding hydrogens is 236 g/mol. The Morgan fingerprint density at radius 1 is 0.895 bits per heavy atom. The van der Waals surface area contributed by atoms with Gasteiger partial charge >= 0.3 is 0 Å². The number of aryl methyl sites for hydroxylation is 2. The van der Waals surface area contributed by atoms with Crippen molar-refractivity contribution in [3.05, 3.63) is 64.7 Å². The van der Waals surface area contributed by atoms with Crippen LogP contribution in [0.5, 0.6) is 5.75 Å². The summed E-state index contributed by atoms with van der Waals surface area (Å²) in [6.45, 7) is 4.96. The fraction of sp³-hybridized carbons (Fsp3) is 0.294. The van der Waals surface area contributed by atoms with E-state index in [1.54, 1.807) is 0 Å². The minimum atomic E-state index is 0.183. The molecule has 0 unspecified atom stereocenters. The molecular formula is C17H20O2. The summed E-state index contributed by atoms with van der Waals surface area (Å²) in [6, 6.07) is 14.3. The molecule has 0 bridgehead atoms. The van der Waals surface area contributed by atoms with Gasteiger partial charge in [0.05, 0.1) is 0 Å². The summed E-state index contributed by atoms with van der Waals surface area (Å²) < 4.78 is 5.77. The molecule has 2 aromatic carbocycles. The molecule has 100 valence electrons. The Labute approximate surface area is 114 Å². The van der Waals surface area contributed by atoms with Gasteiger partial charge in [0, 0.05) is 6.61 Å². The number of rotatable bonds is 5. The summed E-state index contributed by atoms with van der Waals surface area (Å²) in [7, 11) is 0. The first-order valence-corrected chi connectivity index (χ1v) is 6.57. The van der Waals surface area contributed by atoms with Crippen LogP contribution in [0.15, 0.2) is 42.5 Å². The van der Waals surface area contributed by atoms with Crippen molar-refractivity contribution in [1.82, 2.24) is 0 Å². The SMILES string of the molecule is Cc1cc(C)cc(COc2ccc(CCO)cc2)c1. The molecule has 19 heavy (non-hydrogen) atoms. The highest BCUT2D eigenvalue weighted by Crippen LogP contribution is 2.16. The van der Waals surface area contributed by atoms with E-state index >= 15 is 0 Å². The summed E-state index contributed by atoms with van der Waals surface area (Å²) in [5, 5.41) is 8.86. The molecule has 2 nitrogen and oxygen atoms in total. The highest BCUT2D eigenvalue weighted by Gasteiger charge is 1.99. The van der Waals surface area contributed by atoms with E-state index in [0.29, 0.717) is 13.0 Å². The van der Waals surface area contributed by atoms with Gasteiger partial charge in [0.1, 0.15) is 12.4 Å². The first kappa shape index (κ1) is 13.6. The van der Waals surface area contributed by atoms with Crippen LogP contribution in [0.4, 0.5) is 0 Å². The third-order valence-electron chi connectivity index (χ3n) is 3.01. The first-order chi connectivity index (χ1) is 9.17. The Balaban J connectivity index is 1.98. The highest BCUT2D eigenvalue weighted by molar-refractivity contribution is 5.30. The molecule has 0 aliphatic rings. The van der Waals surface area contributed by atoms with Crippen molar-refractivity contribution in [2.75, 3.05) is 6.61 Å². The number of ether oxygens (including phenoxy) is 1. The molecule has 0 saturated carbocycles. The third-order valence-corrected chi connectivity index (χ3v) is 3.01. The minimum Gasteiger partial charge on any atom is -0.489 e. The van der Waals surface area contributed by atoms with Crippen LogP contribution in [0.25, 0.3) is 0 Å². The Kier molecular flexibility index (Phi) is 4.58. The summed E-state index contributed by atoms with van der Waals surface area (Å²) in [4.78, 5) is 0. The fourth-order valence-electron chi connectivity index (χ4n) is 2.20. The standard InChI is InChI=1S/C17H20O2/c1-13-9-14(2)11-16(10-13)12-19-17-5-3-15(4-6-17)7-8-18/h3-6,9-11,18H,7-8,12H2,1-2H3. The molecule has 1 N–H and O–H groups in total. The predicted molar refractivity (Wildman–Crippen MR) is 77.5 cm³/mol. The zero-order valence-electron chi connectivity index (χ0n) is 11.5. The zero-order chi connectivity index (χ0) is 13.7. The molecule has 0 heterocycles. The fourth-order valence-corrected chi connectivity index (χ4v) is 2.20. The van der Waals surface area contributed by atoms with Crippen molar-refractivity contribution in [3.63, 3.8) is 0 Å². The normalized spacial score (nSPS) is 10.5. The van der Waals surface area contributed by atoms with Crippen molar-refractivity contribution >= 4 is 0 Å². The van der Waals surface area contributed by atoms with E-state index in [1.807, 2.05) is 24.3 Å². The number of aliphatic hydroxyl groups excluding tert-OH is 1. The van der Waals surface area contributed by atoms with Crippen LogP contribution < -0.4 is 4.74 Å². The van der Waals surface area contributed by atoms with Gasteiger partial charge in [-0.1, -0.05) is 41.5 Å². The molecule has 0 aliphatic carbocycles. The highest BCUT2D eigenvalue weighted by atomic mass is 16.5. The maximum absolute atomic E-state index is 8.86. The third kappa shape index (κ3) is 4.11. The van der Waals surface area contributed by atoms with E-state index in [1.165, 1.54) is 16.7 Å². The van der Waals surface area contributed by atoms with Gasteiger partial charge < -0.3 is 9.84 Å². The summed E-state index contributed by atoms with van der Waals surface area (Å²) in [6.07, 6.45) is 0.692. The van der Waals surface area contributed by atoms with E-state index in [2.05, 4.69) is 32.0 Å². The van der Waals surface area contributed by atoms with Crippen LogP contribution in [0, 0.1) is 13.8 Å². The maximum atomic E-state index is 8.86. The monoisotopic (exact) mass is 256 g/mol. The van der Waals surface area contributed by atoms with Gasteiger partial charge in [-0.15, -0.1) is 0 Å². The molecule has 0 spiro atoms. The second kappa shape index (κ2) is 6.39. The molecule has 0 fully saturated rings. The number of hydrogen-bond acceptors (Lipinski definition) is 2. The molecule has 0 aliphatic heterocycles. The molecule has 2 heteroatoms. The lowest BCUT2D eigenvalue weighted by Crippen LogP contribution is -1.97. The van der Waals surface area contributed by atoms with Gasteiger partial charge in [0.15, 0.2) is 0 Å². The molecule has 2 aromatic rings. The van der Waals surface area contributed by atoms with Crippen molar-refractivity contribution in [1.29, 1.82) is 0 Å². The maximum Gasteiger partial charge on any atom is 0.119 e. The number of benzene rings is 2. The van der Waals surface area contributed by atoms with E-state index < -0.39 is 0 Å². The van der Waals surface area contributed by atoms with Gasteiger partial charge in [-0.05, 0) is 43.5 Å². The van der Waals surface area contributed by atoms with Crippen LogP contribution in [0.1, 0.15) is 22.3 Å². The molecule has 0 atom stereocenters. The second-order valence-electron chi connectivity index (χ2n) is 4.90. The van der Waals surface area contributed by atoms with Crippen molar-refractivity contribution in [2.24, 2.45) is 0 Å². The van der Waals surface area contributed by atoms with Gasteiger partial charge in [-0.25, -0.2) is 0 Å². The Bertz CT molecular complexity index is 509. The van der Waals surface area contributed by atoms with E-state index in [9.17, 15) is 0 Å². The molecule has 0 aromatic heterocycles. The molecule has 0 saturated heterocycles. The largest absolute Gasteiger partial charge is 0.489 e. The van der Waals surface area contributed by atoms with Crippen LogP contribution in [-0.2, 0) is 13.0 Å². The lowest BCUT2D eigenvalue weighted by atomic mass is 10.1. The Morgan fingerprint density at radius 2 is 1.53 bits per heavy atom. The molecule has 0 radical (unpaired) electrons. The summed E-state index contributed by atoms with van der Waals surface area (Å²) in [5.74, 6) is 0.862. The second-order valence-corrected chi connectivity index (χ2v) is 4.90. The van der Waals surface area contributed by atoms with Crippen molar-refractivity contribution < 1.29 is 9.84 Å². The number of aliphatic hydroxyl groups is 1. The summed E-state index contributed by atoms with van der Waals surface area (Å²) in [5.41, 5.74) is 4.84. The average molecular weight is 256 g/mol. The smallest absolute Gasteiger partial charge is 0.119 e. The topological polar surface area (TPSA) is 29.5 Å². The van der Waals surface area contributed by atoms with E-state index in [4.69, 9.17) is 9.84 Å². The van der Waals surface area contributed by atoms with Crippen LogP contribution in [-0.4, -0.2) is 11.7 Å². The Morgan fingerprint density at radius 3 is 2.11 bits per heavy atom. The Hall–Kier alpha value is -1.80.